The van der Waals surface area contributed by atoms with Crippen LogP contribution < -0.4 is 0 Å². The molecule has 23 heavy (non-hydrogen) atoms. The molecule has 7 heteroatoms. The Kier molecular flexibility index (Phi) is 13.1. The van der Waals surface area contributed by atoms with E-state index in [1.54, 1.807) is 0 Å². The van der Waals surface area contributed by atoms with Gasteiger partial charge in [-0.05, 0) is 19.8 Å². The van der Waals surface area contributed by atoms with Crippen LogP contribution >= 0.6 is 0 Å². The van der Waals surface area contributed by atoms with Gasteiger partial charge in [-0.1, -0.05) is 20.4 Å². The second kappa shape index (κ2) is 12.4. The molecule has 0 amide bonds. The Morgan fingerprint density at radius 2 is 1.17 bits per heavy atom. The van der Waals surface area contributed by atoms with Gasteiger partial charge in [0.2, 0.25) is 0 Å². The van der Waals surface area contributed by atoms with Gasteiger partial charge in [-0.2, -0.15) is 0 Å². The van der Waals surface area contributed by atoms with Crippen LogP contribution in [0.3, 0.4) is 0 Å². The van der Waals surface area contributed by atoms with Crippen molar-refractivity contribution in [3.05, 3.63) is 12.2 Å². The van der Waals surface area contributed by atoms with Gasteiger partial charge in [0.15, 0.2) is 0 Å². The van der Waals surface area contributed by atoms with E-state index in [9.17, 15) is 25.2 Å². The normalized spacial score (nSPS) is 11.6. The van der Waals surface area contributed by atoms with E-state index in [2.05, 4.69) is 6.58 Å². The van der Waals surface area contributed by atoms with Crippen LogP contribution in [0.4, 0.5) is 0 Å². The first kappa shape index (κ1) is 24.3. The summed E-state index contributed by atoms with van der Waals surface area (Å²) in [6.07, 6.45) is 1.22. The highest BCUT2D eigenvalue weighted by atomic mass is 16.5. The quantitative estimate of drug-likeness (QED) is 0.346. The first-order valence-electron chi connectivity index (χ1n) is 7.62. The number of ether oxygens (including phenoxy) is 1. The summed E-state index contributed by atoms with van der Waals surface area (Å²) in [6, 6.07) is 0. The van der Waals surface area contributed by atoms with Crippen LogP contribution in [0, 0.1) is 10.8 Å². The summed E-state index contributed by atoms with van der Waals surface area (Å²) in [5.41, 5.74) is -1.09. The summed E-state index contributed by atoms with van der Waals surface area (Å²) in [4.78, 5) is 9.60. The average molecular weight is 336 g/mol. The molecular formula is C16H32O7. The number of hydrogen-bond acceptors (Lipinski definition) is 6. The molecule has 0 aliphatic heterocycles. The highest BCUT2D eigenvalue weighted by Gasteiger charge is 2.31. The monoisotopic (exact) mass is 336 g/mol. The fourth-order valence-corrected chi connectivity index (χ4v) is 1.42. The molecule has 0 bridgehead atoms. The van der Waals surface area contributed by atoms with Crippen molar-refractivity contribution in [1.82, 2.24) is 0 Å². The standard InChI is InChI=1S/C12H26O5.C4H6O2/c1-3-11(5-13,6-14)9-17-10-12(4-2,7-15)8-16;1-3(2)4(5)6/h13-16H,3-10H2,1-2H3;1H2,2H3,(H,5,6). The second-order valence-electron chi connectivity index (χ2n) is 5.92. The van der Waals surface area contributed by atoms with E-state index < -0.39 is 16.8 Å². The molecule has 0 fully saturated rings. The summed E-state index contributed by atoms with van der Waals surface area (Å²) in [7, 11) is 0. The van der Waals surface area contributed by atoms with E-state index in [0.29, 0.717) is 12.8 Å². The van der Waals surface area contributed by atoms with Gasteiger partial charge in [0.1, 0.15) is 0 Å². The molecule has 5 N–H and O–H groups in total. The first-order chi connectivity index (χ1) is 10.7. The maximum absolute atomic E-state index is 9.60. The van der Waals surface area contributed by atoms with Crippen molar-refractivity contribution in [2.75, 3.05) is 39.6 Å². The highest BCUT2D eigenvalue weighted by molar-refractivity contribution is 5.84. The van der Waals surface area contributed by atoms with Crippen LogP contribution in [0.2, 0.25) is 0 Å². The number of aliphatic carboxylic acids is 1. The fraction of sp³-hybridized carbons (Fsp3) is 0.812. The molecule has 0 aromatic heterocycles. The Balaban J connectivity index is 0. The van der Waals surface area contributed by atoms with E-state index in [-0.39, 0.29) is 45.2 Å². The van der Waals surface area contributed by atoms with Crippen LogP contribution in [-0.2, 0) is 9.53 Å². The topological polar surface area (TPSA) is 127 Å². The predicted octanol–water partition coefficient (Wildman–Crippen LogP) is 0.412. The number of hydrogen-bond donors (Lipinski definition) is 5. The van der Waals surface area contributed by atoms with Gasteiger partial charge in [-0.3, -0.25) is 0 Å². The van der Waals surface area contributed by atoms with Gasteiger partial charge in [-0.25, -0.2) is 4.79 Å². The molecular weight excluding hydrogens is 304 g/mol. The van der Waals surface area contributed by atoms with Crippen LogP contribution in [0.25, 0.3) is 0 Å². The Morgan fingerprint density at radius 1 is 0.913 bits per heavy atom. The molecule has 0 rings (SSSR count). The third kappa shape index (κ3) is 9.02. The summed E-state index contributed by atoms with van der Waals surface area (Å²) < 4.78 is 5.47. The molecule has 0 atom stereocenters. The van der Waals surface area contributed by atoms with Gasteiger partial charge in [0.25, 0.3) is 0 Å². The summed E-state index contributed by atoms with van der Waals surface area (Å²) in [6.45, 7) is 8.23. The van der Waals surface area contributed by atoms with E-state index in [1.165, 1.54) is 6.92 Å². The van der Waals surface area contributed by atoms with Crippen molar-refractivity contribution >= 4 is 5.97 Å². The molecule has 0 aliphatic rings. The summed E-state index contributed by atoms with van der Waals surface area (Å²) >= 11 is 0. The zero-order chi connectivity index (χ0) is 18.5. The van der Waals surface area contributed by atoms with E-state index in [4.69, 9.17) is 9.84 Å². The van der Waals surface area contributed by atoms with Crippen molar-refractivity contribution in [2.45, 2.75) is 33.6 Å². The molecule has 0 saturated carbocycles. The zero-order valence-electron chi connectivity index (χ0n) is 14.4. The molecule has 0 aromatic rings. The lowest BCUT2D eigenvalue weighted by Crippen LogP contribution is -2.39. The molecule has 0 saturated heterocycles. The minimum Gasteiger partial charge on any atom is -0.478 e. The van der Waals surface area contributed by atoms with E-state index in [0.717, 1.165) is 0 Å². The number of aliphatic hydroxyl groups is 4. The third-order valence-corrected chi connectivity index (χ3v) is 4.02. The van der Waals surface area contributed by atoms with Crippen molar-refractivity contribution < 1.29 is 35.1 Å². The lowest BCUT2D eigenvalue weighted by Gasteiger charge is -2.32. The number of carboxylic acids is 1. The maximum atomic E-state index is 9.60. The van der Waals surface area contributed by atoms with E-state index >= 15 is 0 Å². The van der Waals surface area contributed by atoms with Crippen molar-refractivity contribution in [2.24, 2.45) is 10.8 Å². The zero-order valence-corrected chi connectivity index (χ0v) is 14.4. The fourth-order valence-electron chi connectivity index (χ4n) is 1.42. The summed E-state index contributed by atoms with van der Waals surface area (Å²) in [5, 5.41) is 44.8. The highest BCUT2D eigenvalue weighted by Crippen LogP contribution is 2.25. The lowest BCUT2D eigenvalue weighted by atomic mass is 9.86. The Morgan fingerprint density at radius 3 is 1.30 bits per heavy atom. The number of carboxylic acid groups (broad SMARTS) is 1. The van der Waals surface area contributed by atoms with Crippen molar-refractivity contribution in [3.63, 3.8) is 0 Å². The average Bonchev–Trinajstić information content (AvgIpc) is 2.57. The van der Waals surface area contributed by atoms with Crippen LogP contribution in [-0.4, -0.2) is 71.1 Å². The largest absolute Gasteiger partial charge is 0.478 e. The summed E-state index contributed by atoms with van der Waals surface area (Å²) in [5.74, 6) is -0.935. The van der Waals surface area contributed by atoms with Gasteiger partial charge >= 0.3 is 5.97 Å². The molecule has 0 spiro atoms. The molecule has 138 valence electrons. The minimum atomic E-state index is -0.935. The van der Waals surface area contributed by atoms with Gasteiger partial charge < -0.3 is 30.3 Å². The smallest absolute Gasteiger partial charge is 0.330 e. The molecule has 7 nitrogen and oxygen atoms in total. The van der Waals surface area contributed by atoms with Crippen molar-refractivity contribution in [3.8, 4) is 0 Å². The van der Waals surface area contributed by atoms with Gasteiger partial charge in [0.05, 0.1) is 39.6 Å². The third-order valence-electron chi connectivity index (χ3n) is 4.02. The molecule has 0 unspecified atom stereocenters. The number of aliphatic hydroxyl groups excluding tert-OH is 4. The van der Waals surface area contributed by atoms with Gasteiger partial charge in [0, 0.05) is 16.4 Å². The Labute approximate surface area is 138 Å². The lowest BCUT2D eigenvalue weighted by molar-refractivity contribution is -0.132. The first-order valence-corrected chi connectivity index (χ1v) is 7.62. The molecule has 0 aliphatic carbocycles. The second-order valence-corrected chi connectivity index (χ2v) is 5.92. The Bertz CT molecular complexity index is 285. The SMILES string of the molecule is C=C(C)C(=O)O.CCC(CO)(CO)COCC(CC)(CO)CO. The molecule has 0 aromatic carbocycles. The van der Waals surface area contributed by atoms with Crippen LogP contribution in [0.5, 0.6) is 0 Å². The minimum absolute atomic E-state index is 0.141. The maximum Gasteiger partial charge on any atom is 0.330 e. The predicted molar refractivity (Wildman–Crippen MR) is 87.1 cm³/mol. The van der Waals surface area contributed by atoms with Crippen LogP contribution in [0.1, 0.15) is 33.6 Å². The number of carbonyl (C=O) groups is 1. The molecule has 0 radical (unpaired) electrons. The number of rotatable bonds is 11. The van der Waals surface area contributed by atoms with Crippen molar-refractivity contribution in [1.29, 1.82) is 0 Å². The van der Waals surface area contributed by atoms with Gasteiger partial charge in [-0.15, -0.1) is 0 Å². The Hall–Kier alpha value is -0.990. The molecule has 0 heterocycles. The van der Waals surface area contributed by atoms with E-state index in [1.807, 2.05) is 13.8 Å². The van der Waals surface area contributed by atoms with Crippen LogP contribution in [0.15, 0.2) is 12.2 Å².